The van der Waals surface area contributed by atoms with Crippen LogP contribution in [0.4, 0.5) is 0 Å². The summed E-state index contributed by atoms with van der Waals surface area (Å²) in [5, 5.41) is 0. The summed E-state index contributed by atoms with van der Waals surface area (Å²) in [6.45, 7) is 5.58. The van der Waals surface area contributed by atoms with Gasteiger partial charge in [-0.25, -0.2) is 0 Å². The molecule has 0 aliphatic rings. The van der Waals surface area contributed by atoms with Crippen LogP contribution in [-0.4, -0.2) is 6.17 Å². The van der Waals surface area contributed by atoms with Crippen molar-refractivity contribution in [3.05, 3.63) is 12.7 Å². The normalized spacial score (nSPS) is 14.0. The van der Waals surface area contributed by atoms with Crippen LogP contribution in [0.1, 0.15) is 13.3 Å². The largest absolute Gasteiger partial charge is 0.316 e. The predicted octanol–water partition coefficient (Wildman–Crippen LogP) is 0.442. The van der Waals surface area contributed by atoms with E-state index < -0.39 is 0 Å². The first-order chi connectivity index (χ1) is 3.68. The zero-order chi connectivity index (χ0) is 6.57. The number of hydrogen-bond donors (Lipinski definition) is 2. The van der Waals surface area contributed by atoms with Crippen LogP contribution in [0.25, 0.3) is 0 Å². The van der Waals surface area contributed by atoms with Crippen LogP contribution in [0.3, 0.4) is 0 Å². The second kappa shape index (κ2) is 3.64. The van der Waals surface area contributed by atoms with E-state index >= 15 is 0 Å². The SMILES string of the molecule is C=CCC(C)C(N)N. The lowest BCUT2D eigenvalue weighted by Gasteiger charge is -2.11. The second-order valence-electron chi connectivity index (χ2n) is 2.08. The lowest BCUT2D eigenvalue weighted by molar-refractivity contribution is 0.473. The van der Waals surface area contributed by atoms with Gasteiger partial charge in [0.05, 0.1) is 6.17 Å². The van der Waals surface area contributed by atoms with Gasteiger partial charge in [0.25, 0.3) is 0 Å². The van der Waals surface area contributed by atoms with Gasteiger partial charge in [-0.1, -0.05) is 13.0 Å². The van der Waals surface area contributed by atoms with Gasteiger partial charge in [-0.3, -0.25) is 0 Å². The van der Waals surface area contributed by atoms with E-state index in [0.717, 1.165) is 6.42 Å². The molecule has 4 N–H and O–H groups in total. The van der Waals surface area contributed by atoms with Crippen molar-refractivity contribution in [2.45, 2.75) is 19.5 Å². The molecule has 0 spiro atoms. The molecule has 0 radical (unpaired) electrons. The molecule has 0 amide bonds. The maximum Gasteiger partial charge on any atom is 0.0550 e. The Hall–Kier alpha value is -0.340. The Labute approximate surface area is 50.6 Å². The van der Waals surface area contributed by atoms with Crippen LogP contribution in [0.5, 0.6) is 0 Å². The lowest BCUT2D eigenvalue weighted by atomic mass is 10.1. The first kappa shape index (κ1) is 7.66. The second-order valence-corrected chi connectivity index (χ2v) is 2.08. The molecule has 0 aliphatic heterocycles. The van der Waals surface area contributed by atoms with Gasteiger partial charge in [-0.05, 0) is 12.3 Å². The van der Waals surface area contributed by atoms with Gasteiger partial charge in [0.1, 0.15) is 0 Å². The molecule has 48 valence electrons. The number of hydrogen-bond acceptors (Lipinski definition) is 2. The van der Waals surface area contributed by atoms with Crippen molar-refractivity contribution < 1.29 is 0 Å². The molecule has 0 aromatic carbocycles. The molecule has 0 aromatic heterocycles. The topological polar surface area (TPSA) is 52.0 Å². The van der Waals surface area contributed by atoms with E-state index in [1.165, 1.54) is 0 Å². The summed E-state index contributed by atoms with van der Waals surface area (Å²) < 4.78 is 0. The Bertz CT molecular complexity index is 68.9. The van der Waals surface area contributed by atoms with Crippen molar-refractivity contribution in [2.75, 3.05) is 0 Å². The first-order valence-corrected chi connectivity index (χ1v) is 2.80. The van der Waals surface area contributed by atoms with E-state index in [2.05, 4.69) is 6.58 Å². The first-order valence-electron chi connectivity index (χ1n) is 2.80. The molecule has 8 heavy (non-hydrogen) atoms. The molecule has 0 bridgehead atoms. The van der Waals surface area contributed by atoms with Crippen LogP contribution in [0.15, 0.2) is 12.7 Å². The predicted molar refractivity (Wildman–Crippen MR) is 36.1 cm³/mol. The average Bonchev–Trinajstić information content (AvgIpc) is 1.67. The van der Waals surface area contributed by atoms with Crippen molar-refractivity contribution in [2.24, 2.45) is 17.4 Å². The Balaban J connectivity index is 3.30. The highest BCUT2D eigenvalue weighted by Crippen LogP contribution is 2.01. The van der Waals surface area contributed by atoms with Gasteiger partial charge in [0.2, 0.25) is 0 Å². The summed E-state index contributed by atoms with van der Waals surface area (Å²) >= 11 is 0. The van der Waals surface area contributed by atoms with Crippen molar-refractivity contribution in [1.29, 1.82) is 0 Å². The highest BCUT2D eigenvalue weighted by Gasteiger charge is 2.03. The van der Waals surface area contributed by atoms with Crippen molar-refractivity contribution in [3.8, 4) is 0 Å². The molecule has 0 heterocycles. The van der Waals surface area contributed by atoms with E-state index in [4.69, 9.17) is 11.5 Å². The minimum Gasteiger partial charge on any atom is -0.316 e. The van der Waals surface area contributed by atoms with Crippen LogP contribution in [0, 0.1) is 5.92 Å². The van der Waals surface area contributed by atoms with E-state index in [1.807, 2.05) is 13.0 Å². The minimum absolute atomic E-state index is 0.201. The molecule has 1 unspecified atom stereocenters. The van der Waals surface area contributed by atoms with Gasteiger partial charge in [-0.2, -0.15) is 0 Å². The zero-order valence-electron chi connectivity index (χ0n) is 5.30. The zero-order valence-corrected chi connectivity index (χ0v) is 5.30. The van der Waals surface area contributed by atoms with Crippen LogP contribution < -0.4 is 11.5 Å². The van der Waals surface area contributed by atoms with Gasteiger partial charge in [-0.15, -0.1) is 6.58 Å². The van der Waals surface area contributed by atoms with Crippen LogP contribution in [-0.2, 0) is 0 Å². The van der Waals surface area contributed by atoms with Crippen molar-refractivity contribution in [3.63, 3.8) is 0 Å². The summed E-state index contributed by atoms with van der Waals surface area (Å²) in [5.41, 5.74) is 10.7. The summed E-state index contributed by atoms with van der Waals surface area (Å²) in [7, 11) is 0. The monoisotopic (exact) mass is 114 g/mol. The Kier molecular flexibility index (Phi) is 3.48. The van der Waals surface area contributed by atoms with Crippen molar-refractivity contribution >= 4 is 0 Å². The fourth-order valence-electron chi connectivity index (χ4n) is 0.420. The Morgan fingerprint density at radius 2 is 2.12 bits per heavy atom. The van der Waals surface area contributed by atoms with Crippen molar-refractivity contribution in [1.82, 2.24) is 0 Å². The highest BCUT2D eigenvalue weighted by molar-refractivity contribution is 4.74. The van der Waals surface area contributed by atoms with Gasteiger partial charge in [0, 0.05) is 0 Å². The Morgan fingerprint density at radius 3 is 2.25 bits per heavy atom. The molecular formula is C6H14N2. The molecule has 2 heteroatoms. The van der Waals surface area contributed by atoms with Gasteiger partial charge < -0.3 is 11.5 Å². The maximum atomic E-state index is 5.35. The molecule has 0 saturated heterocycles. The molecule has 1 atom stereocenters. The quantitative estimate of drug-likeness (QED) is 0.413. The fourth-order valence-corrected chi connectivity index (χ4v) is 0.420. The molecular weight excluding hydrogens is 100 g/mol. The molecule has 0 fully saturated rings. The van der Waals surface area contributed by atoms with Crippen LogP contribution >= 0.6 is 0 Å². The lowest BCUT2D eigenvalue weighted by Crippen LogP contribution is -2.36. The van der Waals surface area contributed by atoms with Crippen LogP contribution in [0.2, 0.25) is 0 Å². The van der Waals surface area contributed by atoms with E-state index in [0.29, 0.717) is 5.92 Å². The van der Waals surface area contributed by atoms with E-state index in [-0.39, 0.29) is 6.17 Å². The smallest absolute Gasteiger partial charge is 0.0550 e. The minimum atomic E-state index is -0.201. The maximum absolute atomic E-state index is 5.35. The fraction of sp³-hybridized carbons (Fsp3) is 0.667. The van der Waals surface area contributed by atoms with E-state index in [1.54, 1.807) is 0 Å². The summed E-state index contributed by atoms with van der Waals surface area (Å²) in [6, 6.07) is 0. The molecule has 0 aliphatic carbocycles. The third-order valence-electron chi connectivity index (χ3n) is 1.20. The summed E-state index contributed by atoms with van der Waals surface area (Å²) in [5.74, 6) is 0.354. The standard InChI is InChI=1S/C6H14N2/c1-3-4-5(2)6(7)8/h3,5-6H,1,4,7-8H2,2H3. The Morgan fingerprint density at radius 1 is 1.62 bits per heavy atom. The molecule has 2 nitrogen and oxygen atoms in total. The number of rotatable bonds is 3. The molecule has 0 aromatic rings. The average molecular weight is 114 g/mol. The van der Waals surface area contributed by atoms with Gasteiger partial charge >= 0.3 is 0 Å². The highest BCUT2D eigenvalue weighted by atomic mass is 14.9. The number of nitrogens with two attached hydrogens (primary N) is 2. The number of allylic oxidation sites excluding steroid dienone is 1. The van der Waals surface area contributed by atoms with Gasteiger partial charge in [0.15, 0.2) is 0 Å². The molecule has 0 rings (SSSR count). The van der Waals surface area contributed by atoms with E-state index in [9.17, 15) is 0 Å². The third kappa shape index (κ3) is 2.77. The third-order valence-corrected chi connectivity index (χ3v) is 1.20. The summed E-state index contributed by atoms with van der Waals surface area (Å²) in [4.78, 5) is 0. The molecule has 0 saturated carbocycles. The summed E-state index contributed by atoms with van der Waals surface area (Å²) in [6.07, 6.45) is 2.53.